The molecule has 1 atom stereocenters. The highest BCUT2D eigenvalue weighted by molar-refractivity contribution is 6.37. The third kappa shape index (κ3) is 4.57. The molecule has 1 aliphatic heterocycles. The molecule has 1 saturated heterocycles. The van der Waals surface area contributed by atoms with Gasteiger partial charge in [0.1, 0.15) is 0 Å². The third-order valence-corrected chi connectivity index (χ3v) is 5.44. The first-order valence-corrected chi connectivity index (χ1v) is 9.42. The zero-order chi connectivity index (χ0) is 18.7. The molecule has 2 aromatic carbocycles. The lowest BCUT2D eigenvalue weighted by molar-refractivity contribution is 0.102. The van der Waals surface area contributed by atoms with Gasteiger partial charge in [0.15, 0.2) is 0 Å². The molecule has 0 saturated carbocycles. The normalized spacial score (nSPS) is 20.3. The fourth-order valence-electron chi connectivity index (χ4n) is 3.31. The van der Waals surface area contributed by atoms with E-state index in [1.54, 1.807) is 18.2 Å². The summed E-state index contributed by atoms with van der Waals surface area (Å²) in [5, 5.41) is 3.75. The molecule has 1 amide bonds. The number of anilines is 1. The van der Waals surface area contributed by atoms with Crippen LogP contribution in [-0.2, 0) is 6.54 Å². The molecule has 0 bridgehead atoms. The third-order valence-electron chi connectivity index (χ3n) is 4.90. The number of halogens is 2. The number of amides is 1. The van der Waals surface area contributed by atoms with Crippen molar-refractivity contribution < 1.29 is 4.79 Å². The smallest absolute Gasteiger partial charge is 0.257 e. The van der Waals surface area contributed by atoms with Crippen LogP contribution in [0.15, 0.2) is 42.5 Å². The molecule has 1 heterocycles. The molecule has 1 fully saturated rings. The Morgan fingerprint density at radius 2 is 2.08 bits per heavy atom. The van der Waals surface area contributed by atoms with E-state index < -0.39 is 0 Å². The van der Waals surface area contributed by atoms with E-state index in [0.717, 1.165) is 37.3 Å². The number of nitrogens with two attached hydrogens (primary N) is 1. The first-order chi connectivity index (χ1) is 12.4. The summed E-state index contributed by atoms with van der Waals surface area (Å²) in [5.74, 6) is -0.249. The van der Waals surface area contributed by atoms with Crippen LogP contribution in [0.4, 0.5) is 5.69 Å². The topological polar surface area (TPSA) is 58.4 Å². The number of carbonyl (C=O) groups is 1. The molecule has 4 nitrogen and oxygen atoms in total. The Hall–Kier alpha value is -1.59. The van der Waals surface area contributed by atoms with Crippen molar-refractivity contribution in [2.75, 3.05) is 25.0 Å². The quantitative estimate of drug-likeness (QED) is 0.792. The van der Waals surface area contributed by atoms with Gasteiger partial charge in [-0.15, -0.1) is 0 Å². The standard InChI is InChI=1S/C20H23Cl2N3O/c1-20(12-23)7-8-25(13-20)11-14-3-2-4-16(9-14)24-19(26)17-6-5-15(21)10-18(17)22/h2-6,9-10H,7-8,11-13,23H2,1H3,(H,24,26). The average molecular weight is 392 g/mol. The van der Waals surface area contributed by atoms with Crippen molar-refractivity contribution in [3.8, 4) is 0 Å². The summed E-state index contributed by atoms with van der Waals surface area (Å²) >= 11 is 12.0. The fourth-order valence-corrected chi connectivity index (χ4v) is 3.80. The number of nitrogens with one attached hydrogen (secondary N) is 1. The molecule has 1 aliphatic rings. The van der Waals surface area contributed by atoms with E-state index in [1.165, 1.54) is 0 Å². The molecule has 0 spiro atoms. The molecule has 0 aromatic heterocycles. The molecule has 3 N–H and O–H groups in total. The molecule has 26 heavy (non-hydrogen) atoms. The Bertz CT molecular complexity index is 811. The highest BCUT2D eigenvalue weighted by Crippen LogP contribution is 2.30. The van der Waals surface area contributed by atoms with E-state index in [4.69, 9.17) is 28.9 Å². The Labute approximate surface area is 164 Å². The van der Waals surface area contributed by atoms with E-state index >= 15 is 0 Å². The van der Waals surface area contributed by atoms with Crippen LogP contribution in [0.25, 0.3) is 0 Å². The second-order valence-corrected chi connectivity index (χ2v) is 8.10. The molecule has 0 aliphatic carbocycles. The number of likely N-dealkylation sites (tertiary alicyclic amines) is 1. The number of carbonyl (C=O) groups excluding carboxylic acids is 1. The molecular formula is C20H23Cl2N3O. The number of benzene rings is 2. The van der Waals surface area contributed by atoms with E-state index in [1.807, 2.05) is 18.2 Å². The molecule has 138 valence electrons. The summed E-state index contributed by atoms with van der Waals surface area (Å²) in [6.07, 6.45) is 1.12. The van der Waals surface area contributed by atoms with Crippen molar-refractivity contribution in [1.82, 2.24) is 4.90 Å². The maximum Gasteiger partial charge on any atom is 0.257 e. The van der Waals surface area contributed by atoms with Gasteiger partial charge in [-0.2, -0.15) is 0 Å². The number of rotatable bonds is 5. The average Bonchev–Trinajstić information content (AvgIpc) is 2.96. The number of hydrogen-bond acceptors (Lipinski definition) is 3. The van der Waals surface area contributed by atoms with Crippen LogP contribution >= 0.6 is 23.2 Å². The summed E-state index contributed by atoms with van der Waals surface area (Å²) in [5.41, 5.74) is 8.40. The lowest BCUT2D eigenvalue weighted by Gasteiger charge is -2.22. The lowest BCUT2D eigenvalue weighted by Crippen LogP contribution is -2.31. The Kier molecular flexibility index (Phi) is 5.88. The van der Waals surface area contributed by atoms with E-state index in [0.29, 0.717) is 22.2 Å². The summed E-state index contributed by atoms with van der Waals surface area (Å²) < 4.78 is 0. The molecule has 1 unspecified atom stereocenters. The second kappa shape index (κ2) is 7.97. The van der Waals surface area contributed by atoms with E-state index in [-0.39, 0.29) is 11.3 Å². The molecule has 2 aromatic rings. The largest absolute Gasteiger partial charge is 0.330 e. The van der Waals surface area contributed by atoms with Gasteiger partial charge in [-0.05, 0) is 60.8 Å². The predicted octanol–water partition coefficient (Wildman–Crippen LogP) is 4.42. The van der Waals surface area contributed by atoms with Crippen LogP contribution in [0.2, 0.25) is 10.0 Å². The van der Waals surface area contributed by atoms with Crippen LogP contribution in [0.5, 0.6) is 0 Å². The zero-order valence-corrected chi connectivity index (χ0v) is 16.3. The van der Waals surface area contributed by atoms with Gasteiger partial charge in [0.25, 0.3) is 5.91 Å². The number of nitrogens with zero attached hydrogens (tertiary/aromatic N) is 1. The molecule has 3 rings (SSSR count). The Morgan fingerprint density at radius 1 is 1.27 bits per heavy atom. The lowest BCUT2D eigenvalue weighted by atomic mass is 9.90. The van der Waals surface area contributed by atoms with Gasteiger partial charge >= 0.3 is 0 Å². The minimum atomic E-state index is -0.249. The SMILES string of the molecule is CC1(CN)CCN(Cc2cccc(NC(=O)c3ccc(Cl)cc3Cl)c2)C1. The monoisotopic (exact) mass is 391 g/mol. The molecular weight excluding hydrogens is 369 g/mol. The molecule has 6 heteroatoms. The van der Waals surface area contributed by atoms with Gasteiger partial charge in [-0.25, -0.2) is 0 Å². The highest BCUT2D eigenvalue weighted by Gasteiger charge is 2.32. The minimum Gasteiger partial charge on any atom is -0.330 e. The van der Waals surface area contributed by atoms with Crippen molar-refractivity contribution in [3.05, 3.63) is 63.6 Å². The van der Waals surface area contributed by atoms with E-state index in [9.17, 15) is 4.79 Å². The highest BCUT2D eigenvalue weighted by atomic mass is 35.5. The van der Waals surface area contributed by atoms with E-state index in [2.05, 4.69) is 23.2 Å². The van der Waals surface area contributed by atoms with Crippen molar-refractivity contribution in [1.29, 1.82) is 0 Å². The second-order valence-electron chi connectivity index (χ2n) is 7.25. The molecule has 0 radical (unpaired) electrons. The van der Waals surface area contributed by atoms with Crippen LogP contribution < -0.4 is 11.1 Å². The van der Waals surface area contributed by atoms with Crippen LogP contribution in [0.3, 0.4) is 0 Å². The van der Waals surface area contributed by atoms with Crippen molar-refractivity contribution in [2.45, 2.75) is 19.9 Å². The fraction of sp³-hybridized carbons (Fsp3) is 0.350. The van der Waals surface area contributed by atoms with Gasteiger partial charge in [-0.1, -0.05) is 42.3 Å². The maximum absolute atomic E-state index is 12.5. The van der Waals surface area contributed by atoms with Crippen molar-refractivity contribution in [2.24, 2.45) is 11.1 Å². The summed E-state index contributed by atoms with van der Waals surface area (Å²) in [4.78, 5) is 14.9. The summed E-state index contributed by atoms with van der Waals surface area (Å²) in [7, 11) is 0. The van der Waals surface area contributed by atoms with Crippen molar-refractivity contribution in [3.63, 3.8) is 0 Å². The Morgan fingerprint density at radius 3 is 2.77 bits per heavy atom. The summed E-state index contributed by atoms with van der Waals surface area (Å²) in [6, 6.07) is 12.7. The van der Waals surface area contributed by atoms with Gasteiger partial charge < -0.3 is 11.1 Å². The Balaban J connectivity index is 1.67. The van der Waals surface area contributed by atoms with Crippen LogP contribution in [0, 0.1) is 5.41 Å². The van der Waals surface area contributed by atoms with Crippen LogP contribution in [0.1, 0.15) is 29.3 Å². The minimum absolute atomic E-state index is 0.206. The van der Waals surface area contributed by atoms with Gasteiger partial charge in [0.2, 0.25) is 0 Å². The number of hydrogen-bond donors (Lipinski definition) is 2. The van der Waals surface area contributed by atoms with Crippen LogP contribution in [-0.4, -0.2) is 30.4 Å². The summed E-state index contributed by atoms with van der Waals surface area (Å²) in [6.45, 7) is 5.84. The van der Waals surface area contributed by atoms with Gasteiger partial charge in [0.05, 0.1) is 10.6 Å². The predicted molar refractivity (Wildman–Crippen MR) is 108 cm³/mol. The van der Waals surface area contributed by atoms with Crippen molar-refractivity contribution >= 4 is 34.8 Å². The first kappa shape index (κ1) is 19.2. The maximum atomic E-state index is 12.5. The zero-order valence-electron chi connectivity index (χ0n) is 14.8. The van der Waals surface area contributed by atoms with Gasteiger partial charge in [0, 0.05) is 23.8 Å². The van der Waals surface area contributed by atoms with Gasteiger partial charge in [-0.3, -0.25) is 9.69 Å². The first-order valence-electron chi connectivity index (χ1n) is 8.66.